The molecule has 0 spiro atoms. The maximum Gasteiger partial charge on any atom is 0.224 e. The van der Waals surface area contributed by atoms with Crippen molar-refractivity contribution in [2.45, 2.75) is 32.6 Å². The number of hydrogen-bond donors (Lipinski definition) is 2. The molecule has 20 heavy (non-hydrogen) atoms. The smallest absolute Gasteiger partial charge is 0.224 e. The Morgan fingerprint density at radius 1 is 1.35 bits per heavy atom. The van der Waals surface area contributed by atoms with E-state index in [4.69, 9.17) is 4.74 Å². The van der Waals surface area contributed by atoms with E-state index < -0.39 is 0 Å². The van der Waals surface area contributed by atoms with E-state index in [9.17, 15) is 9.90 Å². The van der Waals surface area contributed by atoms with Crippen molar-refractivity contribution in [2.75, 3.05) is 46.0 Å². The average molecular weight is 284 g/mol. The van der Waals surface area contributed by atoms with E-state index in [-0.39, 0.29) is 23.8 Å². The second-order valence-corrected chi connectivity index (χ2v) is 6.40. The van der Waals surface area contributed by atoms with Crippen LogP contribution in [0.3, 0.4) is 0 Å². The summed E-state index contributed by atoms with van der Waals surface area (Å²) in [7, 11) is 0. The van der Waals surface area contributed by atoms with Crippen LogP contribution in [0.5, 0.6) is 0 Å². The van der Waals surface area contributed by atoms with Crippen LogP contribution in [-0.2, 0) is 9.53 Å². The zero-order valence-corrected chi connectivity index (χ0v) is 12.6. The molecular weight excluding hydrogens is 256 g/mol. The lowest BCUT2D eigenvalue weighted by Gasteiger charge is -2.30. The first-order chi connectivity index (χ1) is 9.65. The summed E-state index contributed by atoms with van der Waals surface area (Å²) < 4.78 is 5.31. The van der Waals surface area contributed by atoms with Crippen LogP contribution in [0.15, 0.2) is 0 Å². The van der Waals surface area contributed by atoms with Crippen molar-refractivity contribution < 1.29 is 14.6 Å². The molecule has 1 aliphatic carbocycles. The molecule has 0 aromatic rings. The van der Waals surface area contributed by atoms with Gasteiger partial charge in [-0.15, -0.1) is 0 Å². The predicted octanol–water partition coefficient (Wildman–Crippen LogP) is 0.624. The second-order valence-electron chi connectivity index (χ2n) is 6.40. The molecule has 2 fully saturated rings. The van der Waals surface area contributed by atoms with E-state index in [0.717, 1.165) is 45.7 Å². The maximum absolute atomic E-state index is 12.2. The molecule has 0 aromatic carbocycles. The Labute approximate surface area is 121 Å². The van der Waals surface area contributed by atoms with E-state index in [1.807, 2.05) is 6.92 Å². The van der Waals surface area contributed by atoms with Gasteiger partial charge in [0.25, 0.3) is 0 Å². The Balaban J connectivity index is 1.73. The van der Waals surface area contributed by atoms with Crippen molar-refractivity contribution >= 4 is 5.91 Å². The summed E-state index contributed by atoms with van der Waals surface area (Å²) >= 11 is 0. The van der Waals surface area contributed by atoms with Crippen LogP contribution in [0.1, 0.15) is 32.6 Å². The Morgan fingerprint density at radius 2 is 2.00 bits per heavy atom. The third-order valence-corrected chi connectivity index (χ3v) is 4.72. The standard InChI is InChI=1S/C15H28N2O3/c1-13(10-17-6-8-20-9-7-17)14(19)16-11-15(12-18)4-2-3-5-15/h13,18H,2-12H2,1H3,(H,16,19). The summed E-state index contributed by atoms with van der Waals surface area (Å²) in [5, 5.41) is 12.6. The van der Waals surface area contributed by atoms with Gasteiger partial charge in [0.2, 0.25) is 5.91 Å². The normalized spacial score (nSPS) is 24.5. The SMILES string of the molecule is CC(CN1CCOCC1)C(=O)NCC1(CO)CCCC1. The summed E-state index contributed by atoms with van der Waals surface area (Å²) in [4.78, 5) is 14.5. The molecule has 1 unspecified atom stereocenters. The van der Waals surface area contributed by atoms with Crippen LogP contribution in [0.25, 0.3) is 0 Å². The highest BCUT2D eigenvalue weighted by atomic mass is 16.5. The van der Waals surface area contributed by atoms with Gasteiger partial charge < -0.3 is 15.2 Å². The Kier molecular flexibility index (Phi) is 5.81. The molecule has 1 saturated heterocycles. The highest BCUT2D eigenvalue weighted by molar-refractivity contribution is 5.78. The first-order valence-electron chi connectivity index (χ1n) is 7.84. The number of carbonyl (C=O) groups excluding carboxylic acids is 1. The van der Waals surface area contributed by atoms with Gasteiger partial charge in [-0.3, -0.25) is 9.69 Å². The van der Waals surface area contributed by atoms with Crippen molar-refractivity contribution in [1.82, 2.24) is 10.2 Å². The Bertz CT molecular complexity index is 310. The van der Waals surface area contributed by atoms with Crippen molar-refractivity contribution in [3.63, 3.8) is 0 Å². The largest absolute Gasteiger partial charge is 0.396 e. The summed E-state index contributed by atoms with van der Waals surface area (Å²) in [5.41, 5.74) is -0.0612. The number of nitrogens with one attached hydrogen (secondary N) is 1. The number of ether oxygens (including phenoxy) is 1. The van der Waals surface area contributed by atoms with Crippen molar-refractivity contribution in [1.29, 1.82) is 0 Å². The fraction of sp³-hybridized carbons (Fsp3) is 0.933. The first kappa shape index (κ1) is 15.7. The predicted molar refractivity (Wildman–Crippen MR) is 77.4 cm³/mol. The molecule has 1 atom stereocenters. The molecule has 1 heterocycles. The van der Waals surface area contributed by atoms with E-state index in [2.05, 4.69) is 10.2 Å². The molecule has 0 aromatic heterocycles. The molecule has 1 aliphatic heterocycles. The van der Waals surface area contributed by atoms with Gasteiger partial charge >= 0.3 is 0 Å². The van der Waals surface area contributed by atoms with Crippen molar-refractivity contribution in [3.05, 3.63) is 0 Å². The summed E-state index contributed by atoms with van der Waals surface area (Å²) in [6, 6.07) is 0. The van der Waals surface area contributed by atoms with Crippen LogP contribution in [0.2, 0.25) is 0 Å². The van der Waals surface area contributed by atoms with E-state index in [1.165, 1.54) is 12.8 Å². The molecular formula is C15H28N2O3. The van der Waals surface area contributed by atoms with Gasteiger partial charge in [-0.25, -0.2) is 0 Å². The Hall–Kier alpha value is -0.650. The quantitative estimate of drug-likeness (QED) is 0.751. The van der Waals surface area contributed by atoms with Gasteiger partial charge in [-0.05, 0) is 12.8 Å². The molecule has 5 heteroatoms. The molecule has 0 radical (unpaired) electrons. The molecule has 1 saturated carbocycles. The minimum Gasteiger partial charge on any atom is -0.396 e. The topological polar surface area (TPSA) is 61.8 Å². The van der Waals surface area contributed by atoms with Gasteiger partial charge in [0, 0.05) is 37.5 Å². The number of amides is 1. The molecule has 0 bridgehead atoms. The second kappa shape index (κ2) is 7.38. The lowest BCUT2D eigenvalue weighted by Crippen LogP contribution is -2.45. The zero-order chi connectivity index (χ0) is 14.4. The van der Waals surface area contributed by atoms with Gasteiger partial charge in [-0.1, -0.05) is 19.8 Å². The number of nitrogens with zero attached hydrogens (tertiary/aromatic N) is 1. The number of hydrogen-bond acceptors (Lipinski definition) is 4. The minimum absolute atomic E-state index is 0.00903. The van der Waals surface area contributed by atoms with Crippen LogP contribution in [-0.4, -0.2) is 61.9 Å². The lowest BCUT2D eigenvalue weighted by molar-refractivity contribution is -0.126. The zero-order valence-electron chi connectivity index (χ0n) is 12.6. The lowest BCUT2D eigenvalue weighted by atomic mass is 9.87. The maximum atomic E-state index is 12.2. The van der Waals surface area contributed by atoms with E-state index in [1.54, 1.807) is 0 Å². The molecule has 2 rings (SSSR count). The number of aliphatic hydroxyl groups excluding tert-OH is 1. The van der Waals surface area contributed by atoms with Crippen molar-refractivity contribution in [3.8, 4) is 0 Å². The molecule has 2 N–H and O–H groups in total. The van der Waals surface area contributed by atoms with Crippen LogP contribution < -0.4 is 5.32 Å². The van der Waals surface area contributed by atoms with Crippen LogP contribution >= 0.6 is 0 Å². The molecule has 5 nitrogen and oxygen atoms in total. The fourth-order valence-electron chi connectivity index (χ4n) is 3.22. The summed E-state index contributed by atoms with van der Waals surface area (Å²) in [5.74, 6) is 0.0986. The molecule has 116 valence electrons. The highest BCUT2D eigenvalue weighted by Crippen LogP contribution is 2.36. The number of aliphatic hydroxyl groups is 1. The van der Waals surface area contributed by atoms with Crippen LogP contribution in [0, 0.1) is 11.3 Å². The first-order valence-corrected chi connectivity index (χ1v) is 7.84. The number of morpholine rings is 1. The monoisotopic (exact) mass is 284 g/mol. The van der Waals surface area contributed by atoms with E-state index >= 15 is 0 Å². The minimum atomic E-state index is -0.0612. The van der Waals surface area contributed by atoms with Gasteiger partial charge in [0.05, 0.1) is 19.8 Å². The van der Waals surface area contributed by atoms with Gasteiger partial charge in [0.1, 0.15) is 0 Å². The summed E-state index contributed by atoms with van der Waals surface area (Å²) in [6.07, 6.45) is 4.39. The van der Waals surface area contributed by atoms with Gasteiger partial charge in [-0.2, -0.15) is 0 Å². The van der Waals surface area contributed by atoms with Gasteiger partial charge in [0.15, 0.2) is 0 Å². The third-order valence-electron chi connectivity index (χ3n) is 4.72. The summed E-state index contributed by atoms with van der Waals surface area (Å²) in [6.45, 7) is 6.94. The molecule has 2 aliphatic rings. The van der Waals surface area contributed by atoms with E-state index in [0.29, 0.717) is 6.54 Å². The molecule has 1 amide bonds. The van der Waals surface area contributed by atoms with Crippen molar-refractivity contribution in [2.24, 2.45) is 11.3 Å². The number of carbonyl (C=O) groups is 1. The average Bonchev–Trinajstić information content (AvgIpc) is 2.95. The Morgan fingerprint density at radius 3 is 2.60 bits per heavy atom. The number of rotatable bonds is 6. The highest BCUT2D eigenvalue weighted by Gasteiger charge is 2.33. The van der Waals surface area contributed by atoms with Crippen LogP contribution in [0.4, 0.5) is 0 Å². The third kappa shape index (κ3) is 4.17. The fourth-order valence-corrected chi connectivity index (χ4v) is 3.22.